The molecule has 0 spiro atoms. The Morgan fingerprint density at radius 2 is 1.76 bits per heavy atom. The second-order valence-electron chi connectivity index (χ2n) is 22.3. The van der Waals surface area contributed by atoms with E-state index in [-0.39, 0.29) is 50.0 Å². The quantitative estimate of drug-likeness (QED) is 0.0459. The number of anilines is 3. The van der Waals surface area contributed by atoms with E-state index in [0.717, 1.165) is 123 Å². The number of aromatic nitrogens is 5. The number of benzene rings is 2. The first kappa shape index (κ1) is 56.7. The maximum atomic E-state index is 14.1. The molecule has 1 unspecified atom stereocenters. The van der Waals surface area contributed by atoms with E-state index in [9.17, 15) is 29.5 Å². The number of unbranched alkanes of at least 4 members (excludes halogenated alkanes) is 2. The maximum Gasteiger partial charge on any atom is 0.251 e. The maximum absolute atomic E-state index is 14.1. The molecule has 4 atom stereocenters. The summed E-state index contributed by atoms with van der Waals surface area (Å²) in [5, 5.41) is 32.9. The van der Waals surface area contributed by atoms with Gasteiger partial charge in [-0.25, -0.2) is 15.0 Å². The Morgan fingerprint density at radius 1 is 0.987 bits per heavy atom. The van der Waals surface area contributed by atoms with Gasteiger partial charge in [0, 0.05) is 56.9 Å². The van der Waals surface area contributed by atoms with Gasteiger partial charge in [0.15, 0.2) is 11.5 Å². The molecule has 4 amide bonds. The van der Waals surface area contributed by atoms with Gasteiger partial charge < -0.3 is 50.5 Å². The van der Waals surface area contributed by atoms with Crippen molar-refractivity contribution in [2.24, 2.45) is 5.41 Å². The van der Waals surface area contributed by atoms with Gasteiger partial charge >= 0.3 is 0 Å². The first-order valence-electron chi connectivity index (χ1n) is 27.9. The van der Waals surface area contributed by atoms with Gasteiger partial charge in [-0.1, -0.05) is 64.8 Å². The molecule has 1 aliphatic carbocycles. The van der Waals surface area contributed by atoms with Crippen LogP contribution in [0.4, 0.5) is 17.5 Å². The van der Waals surface area contributed by atoms with Crippen molar-refractivity contribution >= 4 is 52.4 Å². The van der Waals surface area contributed by atoms with E-state index in [2.05, 4.69) is 59.0 Å². The third kappa shape index (κ3) is 13.2. The molecule has 6 heterocycles. The van der Waals surface area contributed by atoms with Crippen LogP contribution < -0.4 is 30.9 Å². The number of ether oxygens (including phenoxy) is 2. The summed E-state index contributed by atoms with van der Waals surface area (Å²) in [4.78, 5) is 80.1. The van der Waals surface area contributed by atoms with E-state index < -0.39 is 35.4 Å². The Kier molecular flexibility index (Phi) is 18.3. The van der Waals surface area contributed by atoms with E-state index in [1.54, 1.807) is 43.1 Å². The van der Waals surface area contributed by atoms with Gasteiger partial charge in [0.2, 0.25) is 23.7 Å². The number of aliphatic hydroxyl groups is 1. The largest absolute Gasteiger partial charge is 0.495 e. The summed E-state index contributed by atoms with van der Waals surface area (Å²) >= 11 is 1.58. The Hall–Kier alpha value is -6.99. The molecule has 21 heteroatoms. The zero-order chi connectivity index (χ0) is 55.8. The van der Waals surface area contributed by atoms with Crippen LogP contribution in [0.1, 0.15) is 137 Å². The number of carbonyl (C=O) groups is 4. The van der Waals surface area contributed by atoms with Crippen LogP contribution in [0.3, 0.4) is 0 Å². The number of hydrogen-bond donors (Lipinski definition) is 5. The van der Waals surface area contributed by atoms with Gasteiger partial charge in [0.1, 0.15) is 42.5 Å². The van der Waals surface area contributed by atoms with Crippen LogP contribution in [-0.4, -0.2) is 140 Å². The molecule has 1 saturated carbocycles. The lowest BCUT2D eigenvalue weighted by Crippen LogP contribution is -2.58. The van der Waals surface area contributed by atoms with Gasteiger partial charge in [0.25, 0.3) is 5.91 Å². The molecule has 20 nitrogen and oxygen atoms in total. The van der Waals surface area contributed by atoms with Crippen LogP contribution in [0.2, 0.25) is 0 Å². The first-order valence-corrected chi connectivity index (χ1v) is 28.8. The Bertz CT molecular complexity index is 2990. The first-order chi connectivity index (χ1) is 38.1. The number of nitrogens with one attached hydrogen (secondary N) is 4. The number of aryl methyl sites for hydroxylation is 1. The number of thiazole rings is 1. The molecule has 79 heavy (non-hydrogen) atoms. The molecule has 420 valence electrons. The fraction of sp³-hybridized carbons (Fsp3) is 0.534. The summed E-state index contributed by atoms with van der Waals surface area (Å²) in [6, 6.07) is 14.0. The van der Waals surface area contributed by atoms with Crippen LogP contribution in [0.15, 0.2) is 60.5 Å². The van der Waals surface area contributed by atoms with Crippen molar-refractivity contribution in [3.8, 4) is 27.9 Å². The van der Waals surface area contributed by atoms with E-state index in [1.165, 1.54) is 4.90 Å². The number of methoxy groups -OCH3 is 1. The van der Waals surface area contributed by atoms with Crippen molar-refractivity contribution in [2.45, 2.75) is 148 Å². The lowest BCUT2D eigenvalue weighted by molar-refractivity contribution is -0.144. The third-order valence-corrected chi connectivity index (χ3v) is 16.7. The standard InChI is InChI=1S/C58H75N13O7S/c1-7-45-50-44(29-59)62-34-70(50)47-31-61-57(67-53(47)71(45)41-13-9-10-14-41)65-43-20-19-39(27-48(43)77-6)54(74)64-40-21-24-68(25-22-40)23-11-8-12-26-78-33-49(73)66-52(58(3,4)5)56(76)69-32-42(72)28-46(69)55(75)60-30-37-15-17-38(18-16-37)51-36(2)63-35-79-51/h15-20,27,31,34-35,40-42,45-46,52,72H,7-14,21-26,28,30,32-33H2,1-6H3,(H,60,75)(H,64,74)(H,66,73)(H,61,65,67)/t42-,45-,46+,52?/m1/s1. The fourth-order valence-electron chi connectivity index (χ4n) is 11.5. The number of rotatable bonds is 21. The highest BCUT2D eigenvalue weighted by Crippen LogP contribution is 2.45. The average molecular weight is 1100 g/mol. The Balaban J connectivity index is 0.678. The number of nitrogens with zero attached hydrogens (tertiary/aromatic N) is 9. The van der Waals surface area contributed by atoms with Gasteiger partial charge in [-0.2, -0.15) is 10.2 Å². The van der Waals surface area contributed by atoms with E-state index in [0.29, 0.717) is 41.3 Å². The number of imidazole rings is 1. The predicted molar refractivity (Wildman–Crippen MR) is 301 cm³/mol. The highest BCUT2D eigenvalue weighted by atomic mass is 32.1. The number of carbonyl (C=O) groups excluding carboxylic acids is 4. The molecule has 3 aromatic heterocycles. The number of nitriles is 1. The summed E-state index contributed by atoms with van der Waals surface area (Å²) in [5.74, 6) is 0.326. The predicted octanol–water partition coefficient (Wildman–Crippen LogP) is 7.12. The smallest absolute Gasteiger partial charge is 0.251 e. The summed E-state index contributed by atoms with van der Waals surface area (Å²) in [6.07, 6.45) is 12.2. The zero-order valence-corrected chi connectivity index (χ0v) is 47.1. The minimum absolute atomic E-state index is 0.00436. The van der Waals surface area contributed by atoms with Crippen molar-refractivity contribution in [1.82, 2.24) is 50.3 Å². The van der Waals surface area contributed by atoms with Crippen LogP contribution in [0.5, 0.6) is 5.75 Å². The molecule has 0 radical (unpaired) electrons. The molecular formula is C58H75N13O7S. The lowest BCUT2D eigenvalue weighted by Gasteiger charge is -2.41. The molecule has 9 rings (SSSR count). The second kappa shape index (κ2) is 25.4. The van der Waals surface area contributed by atoms with Gasteiger partial charge in [0.05, 0.1) is 52.9 Å². The SMILES string of the molecule is CC[C@@H]1c2c(C#N)ncn2-c2cnc(Nc3ccc(C(=O)NC4CCN(CCCCCOCC(=O)NC(C(=O)N5C[C@H](O)C[C@H]5C(=O)NCc5ccc(-c6scnc6C)cc5)C(C)(C)C)CC4)cc3OC)nc2N1C1CCCC1. The summed E-state index contributed by atoms with van der Waals surface area (Å²) in [7, 11) is 1.57. The normalized spacial score (nSPS) is 19.1. The van der Waals surface area contributed by atoms with Crippen molar-refractivity contribution < 1.29 is 33.8 Å². The van der Waals surface area contributed by atoms with Gasteiger partial charge in [-0.3, -0.25) is 23.7 Å². The highest BCUT2D eigenvalue weighted by Gasteiger charge is 2.45. The Labute approximate surface area is 466 Å². The molecule has 5 N–H and O–H groups in total. The lowest BCUT2D eigenvalue weighted by atomic mass is 9.85. The summed E-state index contributed by atoms with van der Waals surface area (Å²) in [6.45, 7) is 12.8. The van der Waals surface area contributed by atoms with Crippen molar-refractivity contribution in [3.05, 3.63) is 88.7 Å². The highest BCUT2D eigenvalue weighted by molar-refractivity contribution is 7.13. The number of aliphatic hydroxyl groups excluding tert-OH is 1. The molecule has 3 aliphatic heterocycles. The topological polar surface area (TPSA) is 245 Å². The molecule has 3 fully saturated rings. The fourth-order valence-corrected chi connectivity index (χ4v) is 12.3. The van der Waals surface area contributed by atoms with Crippen LogP contribution in [-0.2, 0) is 25.7 Å². The number of β-amino-alcohol motifs (C(OH)–C–C–N with tert-alkyl or cyclic N) is 1. The number of likely N-dealkylation sites (tertiary alicyclic amines) is 2. The van der Waals surface area contributed by atoms with Crippen molar-refractivity contribution in [1.29, 1.82) is 5.26 Å². The summed E-state index contributed by atoms with van der Waals surface area (Å²) < 4.78 is 13.5. The van der Waals surface area contributed by atoms with E-state index in [1.807, 2.05) is 68.1 Å². The van der Waals surface area contributed by atoms with E-state index >= 15 is 0 Å². The molecular weight excluding hydrogens is 1020 g/mol. The number of amides is 4. The molecule has 5 aromatic rings. The van der Waals surface area contributed by atoms with Gasteiger partial charge in [-0.15, -0.1) is 11.3 Å². The third-order valence-electron chi connectivity index (χ3n) is 15.8. The Morgan fingerprint density at radius 3 is 2.46 bits per heavy atom. The molecule has 2 saturated heterocycles. The average Bonchev–Trinajstić information content (AvgIpc) is 4.49. The number of hydrogen-bond acceptors (Lipinski definition) is 16. The van der Waals surface area contributed by atoms with Crippen LogP contribution in [0.25, 0.3) is 16.1 Å². The second-order valence-corrected chi connectivity index (χ2v) is 23.2. The van der Waals surface area contributed by atoms with Crippen molar-refractivity contribution in [3.63, 3.8) is 0 Å². The van der Waals surface area contributed by atoms with Gasteiger partial charge in [-0.05, 0) is 99.6 Å². The minimum Gasteiger partial charge on any atom is -0.495 e. The molecule has 4 aliphatic rings. The van der Waals surface area contributed by atoms with Crippen LogP contribution in [0, 0.1) is 23.7 Å². The number of fused-ring (bicyclic) bond motifs is 3. The molecule has 0 bridgehead atoms. The zero-order valence-electron chi connectivity index (χ0n) is 46.3. The molecule has 2 aromatic carbocycles. The summed E-state index contributed by atoms with van der Waals surface area (Å²) in [5.41, 5.74) is 7.28. The van der Waals surface area contributed by atoms with Crippen LogP contribution >= 0.6 is 11.3 Å². The van der Waals surface area contributed by atoms with Crippen molar-refractivity contribution in [2.75, 3.05) is 56.7 Å². The minimum atomic E-state index is -0.941. The van der Waals surface area contributed by atoms with E-state index in [4.69, 9.17) is 14.5 Å². The number of piperidine rings is 1. The monoisotopic (exact) mass is 1100 g/mol.